The van der Waals surface area contributed by atoms with Crippen molar-refractivity contribution < 1.29 is 16.5 Å². The number of hydrogen-bond donors (Lipinski definition) is 0. The molecule has 4 rings (SSSR count). The van der Waals surface area contributed by atoms with Crippen LogP contribution in [0.1, 0.15) is 22.3 Å². The van der Waals surface area contributed by atoms with Gasteiger partial charge in [-0.2, -0.15) is 0 Å². The molecule has 0 aliphatic heterocycles. The van der Waals surface area contributed by atoms with E-state index >= 15 is 0 Å². The van der Waals surface area contributed by atoms with Crippen molar-refractivity contribution in [3.05, 3.63) is 150 Å². The SMILES string of the molecule is Cc1cccc(C)c1[N-]c1cccccc1=O.Cc1cccc(C)c1[N-]c1cccccc1=O.[Ni+2]. The Morgan fingerprint density at radius 1 is 0.429 bits per heavy atom. The molecule has 0 N–H and O–H groups in total. The Morgan fingerprint density at radius 3 is 1.09 bits per heavy atom. The quantitative estimate of drug-likeness (QED) is 0.263. The topological polar surface area (TPSA) is 62.3 Å². The Morgan fingerprint density at radius 2 is 0.743 bits per heavy atom. The molecule has 0 fully saturated rings. The second-order valence-electron chi connectivity index (χ2n) is 8.02. The summed E-state index contributed by atoms with van der Waals surface area (Å²) in [5.74, 6) is 0. The third-order valence-corrected chi connectivity index (χ3v) is 5.30. The normalized spacial score (nSPS) is 9.71. The van der Waals surface area contributed by atoms with E-state index in [4.69, 9.17) is 0 Å². The Hall–Kier alpha value is -3.69. The monoisotopic (exact) mass is 506 g/mol. The second-order valence-corrected chi connectivity index (χ2v) is 8.02. The van der Waals surface area contributed by atoms with Gasteiger partial charge < -0.3 is 10.6 Å². The van der Waals surface area contributed by atoms with E-state index in [0.29, 0.717) is 11.4 Å². The van der Waals surface area contributed by atoms with Gasteiger partial charge in [-0.25, -0.2) is 0 Å². The molecule has 0 atom stereocenters. The van der Waals surface area contributed by atoms with Crippen LogP contribution in [-0.2, 0) is 16.5 Å². The first kappa shape index (κ1) is 27.6. The molecular formula is C30H28N2NiO2. The van der Waals surface area contributed by atoms with E-state index in [0.717, 1.165) is 33.6 Å². The van der Waals surface area contributed by atoms with Crippen LogP contribution >= 0.6 is 0 Å². The molecule has 4 aromatic rings. The van der Waals surface area contributed by atoms with Crippen LogP contribution in [0, 0.1) is 27.7 Å². The van der Waals surface area contributed by atoms with Gasteiger partial charge in [-0.15, -0.1) is 11.4 Å². The van der Waals surface area contributed by atoms with Crippen molar-refractivity contribution in [3.8, 4) is 0 Å². The molecule has 0 amide bonds. The summed E-state index contributed by atoms with van der Waals surface area (Å²) in [5, 5.41) is 8.93. The first-order chi connectivity index (χ1) is 16.4. The van der Waals surface area contributed by atoms with Crippen molar-refractivity contribution in [2.24, 2.45) is 0 Å². The molecule has 35 heavy (non-hydrogen) atoms. The van der Waals surface area contributed by atoms with E-state index in [9.17, 15) is 9.59 Å². The minimum atomic E-state index is -0.0577. The molecule has 0 saturated carbocycles. The standard InChI is InChI=1S/2C15H15NO.Ni/c2*1-11-7-6-8-12(2)15(11)16-13-9-4-3-5-10-14(13)17;/h2*3-10H,1-2H3,(H,16,17);/q;;+2/p-2. The summed E-state index contributed by atoms with van der Waals surface area (Å²) in [6.07, 6.45) is 0. The first-order valence-electron chi connectivity index (χ1n) is 11.1. The molecule has 4 nitrogen and oxygen atoms in total. The van der Waals surface area contributed by atoms with Gasteiger partial charge in [0, 0.05) is 0 Å². The van der Waals surface area contributed by atoms with Crippen molar-refractivity contribution in [2.75, 3.05) is 0 Å². The summed E-state index contributed by atoms with van der Waals surface area (Å²) in [6, 6.07) is 29.3. The fourth-order valence-corrected chi connectivity index (χ4v) is 3.43. The molecule has 0 bridgehead atoms. The summed E-state index contributed by atoms with van der Waals surface area (Å²) in [7, 11) is 0. The van der Waals surface area contributed by atoms with Crippen molar-refractivity contribution in [1.29, 1.82) is 0 Å². The van der Waals surface area contributed by atoms with Crippen LogP contribution in [0.3, 0.4) is 0 Å². The number of benzene rings is 2. The third-order valence-electron chi connectivity index (χ3n) is 5.30. The largest absolute Gasteiger partial charge is 2.00 e. The molecular weight excluding hydrogens is 479 g/mol. The molecule has 0 aromatic heterocycles. The van der Waals surface area contributed by atoms with Crippen molar-refractivity contribution in [3.63, 3.8) is 0 Å². The predicted molar refractivity (Wildman–Crippen MR) is 143 cm³/mol. The molecule has 0 aliphatic carbocycles. The van der Waals surface area contributed by atoms with E-state index in [1.807, 2.05) is 88.4 Å². The third kappa shape index (κ3) is 7.66. The van der Waals surface area contributed by atoms with Gasteiger partial charge in [0.05, 0.1) is 0 Å². The summed E-state index contributed by atoms with van der Waals surface area (Å²) < 4.78 is 0. The molecule has 0 heterocycles. The van der Waals surface area contributed by atoms with Crippen LogP contribution in [0.25, 0.3) is 10.6 Å². The number of para-hydroxylation sites is 2. The number of nitrogens with zero attached hydrogens (tertiary/aromatic N) is 2. The van der Waals surface area contributed by atoms with E-state index in [-0.39, 0.29) is 27.3 Å². The maximum Gasteiger partial charge on any atom is 2.00 e. The summed E-state index contributed by atoms with van der Waals surface area (Å²) in [5.41, 5.74) is 6.93. The maximum absolute atomic E-state index is 11.8. The maximum atomic E-state index is 11.8. The fraction of sp³-hybridized carbons (Fsp3) is 0.133. The summed E-state index contributed by atoms with van der Waals surface area (Å²) in [4.78, 5) is 23.5. The van der Waals surface area contributed by atoms with E-state index < -0.39 is 0 Å². The van der Waals surface area contributed by atoms with Gasteiger partial charge in [0.2, 0.25) is 0 Å². The number of rotatable bonds is 4. The molecule has 5 heteroatoms. The number of hydrogen-bond acceptors (Lipinski definition) is 2. The average Bonchev–Trinajstić information content (AvgIpc) is 3.14. The van der Waals surface area contributed by atoms with Crippen LogP contribution in [-0.4, -0.2) is 0 Å². The molecule has 0 radical (unpaired) electrons. The van der Waals surface area contributed by atoms with Gasteiger partial charge in [-0.1, -0.05) is 119 Å². The van der Waals surface area contributed by atoms with Crippen molar-refractivity contribution >= 4 is 22.7 Å². The van der Waals surface area contributed by atoms with Gasteiger partial charge in [0.25, 0.3) is 0 Å². The Kier molecular flexibility index (Phi) is 10.4. The van der Waals surface area contributed by atoms with Gasteiger partial charge in [0.1, 0.15) is 0 Å². The predicted octanol–water partition coefficient (Wildman–Crippen LogP) is 8.00. The zero-order valence-corrected chi connectivity index (χ0v) is 21.3. The van der Waals surface area contributed by atoms with Crippen LogP contribution < -0.4 is 10.9 Å². The first-order valence-corrected chi connectivity index (χ1v) is 11.1. The van der Waals surface area contributed by atoms with Crippen molar-refractivity contribution in [2.45, 2.75) is 27.7 Å². The van der Waals surface area contributed by atoms with Crippen LogP contribution in [0.4, 0.5) is 22.7 Å². The fourth-order valence-electron chi connectivity index (χ4n) is 3.43. The van der Waals surface area contributed by atoms with Gasteiger partial charge in [0.15, 0.2) is 10.9 Å². The van der Waals surface area contributed by atoms with Gasteiger partial charge in [-0.3, -0.25) is 9.59 Å². The molecule has 4 aromatic carbocycles. The molecule has 0 aliphatic rings. The second kappa shape index (κ2) is 13.3. The van der Waals surface area contributed by atoms with Crippen LogP contribution in [0.2, 0.25) is 0 Å². The van der Waals surface area contributed by atoms with Crippen LogP contribution in [0.5, 0.6) is 0 Å². The Balaban J connectivity index is 0.000000240. The van der Waals surface area contributed by atoms with E-state index in [1.165, 1.54) is 12.1 Å². The minimum Gasteiger partial charge on any atom is -0.654 e. The molecule has 0 saturated heterocycles. The van der Waals surface area contributed by atoms with E-state index in [1.54, 1.807) is 24.3 Å². The molecule has 0 unspecified atom stereocenters. The average molecular weight is 507 g/mol. The molecule has 180 valence electrons. The van der Waals surface area contributed by atoms with E-state index in [2.05, 4.69) is 10.6 Å². The minimum absolute atomic E-state index is 0. The summed E-state index contributed by atoms with van der Waals surface area (Å²) in [6.45, 7) is 8.00. The zero-order chi connectivity index (χ0) is 24.5. The molecule has 0 spiro atoms. The summed E-state index contributed by atoms with van der Waals surface area (Å²) >= 11 is 0. The Bertz CT molecular complexity index is 1260. The number of aryl methyl sites for hydroxylation is 4. The van der Waals surface area contributed by atoms with Crippen molar-refractivity contribution in [1.82, 2.24) is 0 Å². The van der Waals surface area contributed by atoms with Crippen LogP contribution in [0.15, 0.2) is 107 Å². The van der Waals surface area contributed by atoms with Gasteiger partial charge >= 0.3 is 16.5 Å². The zero-order valence-electron chi connectivity index (χ0n) is 20.3. The Labute approximate surface area is 217 Å². The smallest absolute Gasteiger partial charge is 0.654 e. The van der Waals surface area contributed by atoms with Gasteiger partial charge in [-0.05, 0) is 39.8 Å².